The van der Waals surface area contributed by atoms with Crippen molar-refractivity contribution in [3.05, 3.63) is 53.9 Å². The molecule has 1 unspecified atom stereocenters. The van der Waals surface area contributed by atoms with Gasteiger partial charge in [-0.3, -0.25) is 9.58 Å². The van der Waals surface area contributed by atoms with Crippen LogP contribution in [-0.4, -0.2) is 53.6 Å². The molecule has 2 aromatic rings. The molecule has 1 aliphatic rings. The monoisotopic (exact) mass is 376 g/mol. The smallest absolute Gasteiger partial charge is 0.218 e. The number of hydrogen-bond acceptors (Lipinski definition) is 4. The van der Waals surface area contributed by atoms with Gasteiger partial charge in [0, 0.05) is 45.0 Å². The molecule has 2 heterocycles. The van der Waals surface area contributed by atoms with Crippen LogP contribution in [0.3, 0.4) is 0 Å². The van der Waals surface area contributed by atoms with E-state index in [1.807, 2.05) is 54.5 Å². The third-order valence-electron chi connectivity index (χ3n) is 5.10. The molecule has 0 saturated carbocycles. The Balaban J connectivity index is 1.59. The van der Waals surface area contributed by atoms with Crippen molar-refractivity contribution in [3.8, 4) is 0 Å². The average molecular weight is 377 g/mol. The molecule has 1 saturated heterocycles. The Kier molecular flexibility index (Phi) is 6.11. The van der Waals surface area contributed by atoms with Crippen LogP contribution in [0.5, 0.6) is 0 Å². The third-order valence-corrected chi connectivity index (χ3v) is 6.97. The van der Waals surface area contributed by atoms with Crippen molar-refractivity contribution in [1.82, 2.24) is 19.0 Å². The number of likely N-dealkylation sites (tertiary alicyclic amines) is 1. The summed E-state index contributed by atoms with van der Waals surface area (Å²) >= 11 is 0. The molecule has 1 fully saturated rings. The van der Waals surface area contributed by atoms with E-state index in [1.54, 1.807) is 11.4 Å². The van der Waals surface area contributed by atoms with Gasteiger partial charge in [-0.2, -0.15) is 5.10 Å². The number of rotatable bonds is 6. The molecule has 1 aromatic heterocycles. The van der Waals surface area contributed by atoms with Crippen LogP contribution in [0.15, 0.2) is 42.7 Å². The molecule has 0 spiro atoms. The van der Waals surface area contributed by atoms with Crippen molar-refractivity contribution in [2.75, 3.05) is 20.1 Å². The van der Waals surface area contributed by atoms with E-state index >= 15 is 0 Å². The fourth-order valence-electron chi connectivity index (χ4n) is 3.59. The molecule has 7 heteroatoms. The van der Waals surface area contributed by atoms with Gasteiger partial charge >= 0.3 is 0 Å². The highest BCUT2D eigenvalue weighted by Gasteiger charge is 2.28. The summed E-state index contributed by atoms with van der Waals surface area (Å²) in [7, 11) is 0.360. The topological polar surface area (TPSA) is 58.4 Å². The molecule has 142 valence electrons. The van der Waals surface area contributed by atoms with E-state index in [4.69, 9.17) is 0 Å². The predicted molar refractivity (Wildman–Crippen MR) is 103 cm³/mol. The highest BCUT2D eigenvalue weighted by Crippen LogP contribution is 2.21. The molecule has 3 rings (SSSR count). The lowest BCUT2D eigenvalue weighted by Crippen LogP contribution is -2.38. The van der Waals surface area contributed by atoms with Crippen LogP contribution >= 0.6 is 0 Å². The van der Waals surface area contributed by atoms with Crippen LogP contribution in [0.4, 0.5) is 0 Å². The van der Waals surface area contributed by atoms with Gasteiger partial charge in [-0.05, 0) is 31.4 Å². The van der Waals surface area contributed by atoms with Crippen molar-refractivity contribution >= 4 is 10.0 Å². The van der Waals surface area contributed by atoms with E-state index in [0.717, 1.165) is 44.5 Å². The van der Waals surface area contributed by atoms with Gasteiger partial charge in [0.2, 0.25) is 10.0 Å². The SMILES string of the molecule is CN(C1CCCN(Cc2cnn(C)c2)CC1)S(=O)(=O)Cc1ccccc1. The zero-order chi connectivity index (χ0) is 18.6. The summed E-state index contributed by atoms with van der Waals surface area (Å²) < 4.78 is 29.0. The Morgan fingerprint density at radius 2 is 1.92 bits per heavy atom. The lowest BCUT2D eigenvalue weighted by atomic mass is 10.1. The lowest BCUT2D eigenvalue weighted by Gasteiger charge is -2.26. The van der Waals surface area contributed by atoms with Gasteiger partial charge < -0.3 is 0 Å². The van der Waals surface area contributed by atoms with E-state index in [9.17, 15) is 8.42 Å². The maximum Gasteiger partial charge on any atom is 0.218 e. The Bertz CT molecular complexity index is 804. The first-order valence-corrected chi connectivity index (χ1v) is 10.7. The molecule has 0 aliphatic carbocycles. The molecule has 0 N–H and O–H groups in total. The number of aryl methyl sites for hydroxylation is 1. The minimum absolute atomic E-state index is 0.0697. The molecular weight excluding hydrogens is 348 g/mol. The molecule has 26 heavy (non-hydrogen) atoms. The Morgan fingerprint density at radius 1 is 1.15 bits per heavy atom. The third kappa shape index (κ3) is 4.93. The second-order valence-electron chi connectivity index (χ2n) is 7.14. The van der Waals surface area contributed by atoms with Crippen molar-refractivity contribution in [2.24, 2.45) is 7.05 Å². The second-order valence-corrected chi connectivity index (χ2v) is 9.17. The van der Waals surface area contributed by atoms with E-state index in [2.05, 4.69) is 10.00 Å². The van der Waals surface area contributed by atoms with Gasteiger partial charge in [-0.15, -0.1) is 0 Å². The molecule has 0 bridgehead atoms. The minimum atomic E-state index is -3.30. The fourth-order valence-corrected chi connectivity index (χ4v) is 5.07. The average Bonchev–Trinajstić information content (AvgIpc) is 2.88. The molecular formula is C19H28N4O2S. The van der Waals surface area contributed by atoms with Crippen molar-refractivity contribution in [3.63, 3.8) is 0 Å². The van der Waals surface area contributed by atoms with Crippen LogP contribution in [0, 0.1) is 0 Å². The van der Waals surface area contributed by atoms with Crippen LogP contribution in [0.1, 0.15) is 30.4 Å². The van der Waals surface area contributed by atoms with Crippen molar-refractivity contribution in [2.45, 2.75) is 37.6 Å². The Labute approximate surface area is 156 Å². The van der Waals surface area contributed by atoms with Crippen molar-refractivity contribution < 1.29 is 8.42 Å². The number of hydrogen-bond donors (Lipinski definition) is 0. The standard InChI is InChI=1S/C19H28N4O2S/c1-21-14-18(13-20-21)15-23-11-6-9-19(10-12-23)22(2)26(24,25)16-17-7-4-3-5-8-17/h3-5,7-8,13-14,19H,6,9-12,15-16H2,1-2H3. The van der Waals surface area contributed by atoms with Gasteiger partial charge in [0.15, 0.2) is 0 Å². The minimum Gasteiger partial charge on any atom is -0.299 e. The molecule has 0 amide bonds. The predicted octanol–water partition coefficient (Wildman–Crippen LogP) is 2.24. The van der Waals surface area contributed by atoms with Gasteiger partial charge in [0.25, 0.3) is 0 Å². The summed E-state index contributed by atoms with van der Waals surface area (Å²) in [6.45, 7) is 2.78. The van der Waals surface area contributed by atoms with Gasteiger partial charge in [-0.1, -0.05) is 30.3 Å². The van der Waals surface area contributed by atoms with Gasteiger partial charge in [0.1, 0.15) is 0 Å². The Morgan fingerprint density at radius 3 is 2.62 bits per heavy atom. The number of sulfonamides is 1. The molecule has 1 aromatic carbocycles. The van der Waals surface area contributed by atoms with Gasteiger partial charge in [-0.25, -0.2) is 12.7 Å². The van der Waals surface area contributed by atoms with E-state index in [0.29, 0.717) is 0 Å². The quantitative estimate of drug-likeness (QED) is 0.776. The molecule has 6 nitrogen and oxygen atoms in total. The second kappa shape index (κ2) is 8.33. The lowest BCUT2D eigenvalue weighted by molar-refractivity contribution is 0.266. The van der Waals surface area contributed by atoms with E-state index in [1.165, 1.54) is 5.56 Å². The van der Waals surface area contributed by atoms with Crippen LogP contribution < -0.4 is 0 Å². The van der Waals surface area contributed by atoms with E-state index in [-0.39, 0.29) is 11.8 Å². The number of aromatic nitrogens is 2. The van der Waals surface area contributed by atoms with Gasteiger partial charge in [0.05, 0.1) is 11.9 Å². The van der Waals surface area contributed by atoms with Crippen LogP contribution in [0.2, 0.25) is 0 Å². The summed E-state index contributed by atoms with van der Waals surface area (Å²) in [5, 5.41) is 4.22. The molecule has 1 aliphatic heterocycles. The van der Waals surface area contributed by atoms with E-state index < -0.39 is 10.0 Å². The summed E-state index contributed by atoms with van der Waals surface area (Å²) in [6, 6.07) is 9.48. The first-order chi connectivity index (χ1) is 12.4. The largest absolute Gasteiger partial charge is 0.299 e. The summed E-state index contributed by atoms with van der Waals surface area (Å²) in [4.78, 5) is 2.40. The summed E-state index contributed by atoms with van der Waals surface area (Å²) in [5.41, 5.74) is 2.04. The molecule has 1 atom stereocenters. The highest BCUT2D eigenvalue weighted by atomic mass is 32.2. The van der Waals surface area contributed by atoms with Crippen LogP contribution in [-0.2, 0) is 29.4 Å². The van der Waals surface area contributed by atoms with Crippen LogP contribution in [0.25, 0.3) is 0 Å². The first kappa shape index (κ1) is 19.1. The Hall–Kier alpha value is -1.70. The highest BCUT2D eigenvalue weighted by molar-refractivity contribution is 7.88. The van der Waals surface area contributed by atoms with Crippen molar-refractivity contribution in [1.29, 1.82) is 0 Å². The zero-order valence-electron chi connectivity index (χ0n) is 15.6. The normalized spacial score (nSPS) is 19.6. The fraction of sp³-hybridized carbons (Fsp3) is 0.526. The summed E-state index contributed by atoms with van der Waals surface area (Å²) in [6.07, 6.45) is 6.73. The maximum absolute atomic E-state index is 12.8. The number of nitrogens with zero attached hydrogens (tertiary/aromatic N) is 4. The number of benzene rings is 1. The maximum atomic E-state index is 12.8. The zero-order valence-corrected chi connectivity index (χ0v) is 16.4. The first-order valence-electron chi connectivity index (χ1n) is 9.13. The summed E-state index contributed by atoms with van der Waals surface area (Å²) in [5.74, 6) is 0.0697. The molecule has 0 radical (unpaired) electrons.